The molecule has 0 aromatic heterocycles. The van der Waals surface area contributed by atoms with Crippen LogP contribution in [0.5, 0.6) is 0 Å². The minimum atomic E-state index is -0.239. The van der Waals surface area contributed by atoms with Gasteiger partial charge in [0.2, 0.25) is 0 Å². The molecule has 102 valence electrons. The Hall–Kier alpha value is -1.84. The lowest BCUT2D eigenvalue weighted by molar-refractivity contribution is -0.121. The molecule has 19 heavy (non-hydrogen) atoms. The van der Waals surface area contributed by atoms with E-state index >= 15 is 0 Å². The molecular formula is C15H18FNO2. The predicted molar refractivity (Wildman–Crippen MR) is 71.0 cm³/mol. The summed E-state index contributed by atoms with van der Waals surface area (Å²) in [6, 6.07) is 6.46. The Kier molecular flexibility index (Phi) is 4.55. The summed E-state index contributed by atoms with van der Waals surface area (Å²) in [5.41, 5.74) is 0.605. The molecule has 2 rings (SSSR count). The van der Waals surface area contributed by atoms with Gasteiger partial charge >= 0.3 is 0 Å². The van der Waals surface area contributed by atoms with E-state index < -0.39 is 0 Å². The number of benzene rings is 1. The molecule has 1 atom stereocenters. The third kappa shape index (κ3) is 3.81. The van der Waals surface area contributed by atoms with Crippen molar-refractivity contribution in [3.8, 4) is 0 Å². The van der Waals surface area contributed by atoms with Gasteiger partial charge in [0.1, 0.15) is 5.82 Å². The topological polar surface area (TPSA) is 38.3 Å². The fourth-order valence-electron chi connectivity index (χ4n) is 2.06. The van der Waals surface area contributed by atoms with Gasteiger partial charge in [0, 0.05) is 6.04 Å². The second-order valence-corrected chi connectivity index (χ2v) is 4.73. The van der Waals surface area contributed by atoms with Crippen molar-refractivity contribution >= 4 is 5.91 Å². The van der Waals surface area contributed by atoms with Crippen LogP contribution in [0.25, 0.3) is 0 Å². The fourth-order valence-corrected chi connectivity index (χ4v) is 2.06. The van der Waals surface area contributed by atoms with Crippen LogP contribution in [-0.2, 0) is 16.0 Å². The molecule has 1 unspecified atom stereocenters. The van der Waals surface area contributed by atoms with Crippen LogP contribution in [0.1, 0.15) is 25.3 Å². The molecule has 1 aliphatic heterocycles. The molecule has 1 N–H and O–H groups in total. The SMILES string of the molecule is CC(Cc1ccccc1F)NC(=O)C1=CCCCO1. The summed E-state index contributed by atoms with van der Waals surface area (Å²) < 4.78 is 18.8. The molecular weight excluding hydrogens is 245 g/mol. The lowest BCUT2D eigenvalue weighted by Crippen LogP contribution is -2.36. The van der Waals surface area contributed by atoms with Crippen molar-refractivity contribution in [3.63, 3.8) is 0 Å². The summed E-state index contributed by atoms with van der Waals surface area (Å²) in [5.74, 6) is -0.0769. The van der Waals surface area contributed by atoms with Gasteiger partial charge in [0.15, 0.2) is 5.76 Å². The number of halogens is 1. The van der Waals surface area contributed by atoms with Crippen LogP contribution in [-0.4, -0.2) is 18.6 Å². The maximum Gasteiger partial charge on any atom is 0.286 e. The van der Waals surface area contributed by atoms with Crippen molar-refractivity contribution in [2.45, 2.75) is 32.2 Å². The van der Waals surface area contributed by atoms with E-state index in [1.807, 2.05) is 6.92 Å². The fraction of sp³-hybridized carbons (Fsp3) is 0.400. The maximum absolute atomic E-state index is 13.5. The molecule has 0 aliphatic carbocycles. The number of allylic oxidation sites excluding steroid dienone is 1. The zero-order chi connectivity index (χ0) is 13.7. The first-order chi connectivity index (χ1) is 9.16. The summed E-state index contributed by atoms with van der Waals surface area (Å²) in [6.07, 6.45) is 4.08. The molecule has 0 radical (unpaired) electrons. The van der Waals surface area contributed by atoms with Crippen LogP contribution in [0.4, 0.5) is 4.39 Å². The summed E-state index contributed by atoms with van der Waals surface area (Å²) in [4.78, 5) is 11.9. The van der Waals surface area contributed by atoms with Crippen molar-refractivity contribution in [2.75, 3.05) is 6.61 Å². The van der Waals surface area contributed by atoms with Gasteiger partial charge in [-0.1, -0.05) is 18.2 Å². The molecule has 1 aromatic carbocycles. The van der Waals surface area contributed by atoms with Gasteiger partial charge in [0.25, 0.3) is 5.91 Å². The van der Waals surface area contributed by atoms with E-state index in [4.69, 9.17) is 4.74 Å². The third-order valence-corrected chi connectivity index (χ3v) is 3.02. The van der Waals surface area contributed by atoms with E-state index in [2.05, 4.69) is 5.32 Å². The smallest absolute Gasteiger partial charge is 0.286 e. The van der Waals surface area contributed by atoms with E-state index in [1.54, 1.807) is 24.3 Å². The van der Waals surface area contributed by atoms with Gasteiger partial charge in [-0.2, -0.15) is 0 Å². The Morgan fingerprint density at radius 3 is 2.95 bits per heavy atom. The summed E-state index contributed by atoms with van der Waals surface area (Å²) >= 11 is 0. The van der Waals surface area contributed by atoms with Crippen molar-refractivity contribution < 1.29 is 13.9 Å². The Labute approximate surface area is 112 Å². The highest BCUT2D eigenvalue weighted by Crippen LogP contribution is 2.12. The number of carbonyl (C=O) groups excluding carboxylic acids is 1. The first kappa shape index (κ1) is 13.6. The third-order valence-electron chi connectivity index (χ3n) is 3.02. The Morgan fingerprint density at radius 1 is 1.47 bits per heavy atom. The number of rotatable bonds is 4. The van der Waals surface area contributed by atoms with Crippen molar-refractivity contribution in [2.24, 2.45) is 0 Å². The van der Waals surface area contributed by atoms with Gasteiger partial charge in [-0.25, -0.2) is 4.39 Å². The number of carbonyl (C=O) groups is 1. The molecule has 3 nitrogen and oxygen atoms in total. The number of hydrogen-bond donors (Lipinski definition) is 1. The average molecular weight is 263 g/mol. The number of nitrogens with one attached hydrogen (secondary N) is 1. The molecule has 0 spiro atoms. The first-order valence-corrected chi connectivity index (χ1v) is 6.54. The van der Waals surface area contributed by atoms with Gasteiger partial charge < -0.3 is 10.1 Å². The van der Waals surface area contributed by atoms with E-state index in [0.717, 1.165) is 12.8 Å². The molecule has 0 saturated heterocycles. The quantitative estimate of drug-likeness (QED) is 0.906. The van der Waals surface area contributed by atoms with Crippen molar-refractivity contribution in [1.29, 1.82) is 0 Å². The highest BCUT2D eigenvalue weighted by molar-refractivity contribution is 5.91. The number of hydrogen-bond acceptors (Lipinski definition) is 2. The lowest BCUT2D eigenvalue weighted by atomic mass is 10.1. The number of amides is 1. The minimum absolute atomic E-state index is 0.143. The Balaban J connectivity index is 1.91. The highest BCUT2D eigenvalue weighted by atomic mass is 19.1. The van der Waals surface area contributed by atoms with Crippen molar-refractivity contribution in [3.05, 3.63) is 47.5 Å². The van der Waals surface area contributed by atoms with Crippen molar-refractivity contribution in [1.82, 2.24) is 5.32 Å². The van der Waals surface area contributed by atoms with E-state index in [0.29, 0.717) is 24.4 Å². The average Bonchev–Trinajstić information content (AvgIpc) is 2.42. The monoisotopic (exact) mass is 263 g/mol. The van der Waals surface area contributed by atoms with E-state index in [-0.39, 0.29) is 17.8 Å². The van der Waals surface area contributed by atoms with Gasteiger partial charge in [-0.05, 0) is 43.9 Å². The Bertz CT molecular complexity index is 485. The second kappa shape index (κ2) is 6.36. The van der Waals surface area contributed by atoms with Gasteiger partial charge in [0.05, 0.1) is 6.61 Å². The number of ether oxygens (including phenoxy) is 1. The van der Waals surface area contributed by atoms with Crippen LogP contribution >= 0.6 is 0 Å². The Morgan fingerprint density at radius 2 is 2.26 bits per heavy atom. The first-order valence-electron chi connectivity index (χ1n) is 6.54. The summed E-state index contributed by atoms with van der Waals surface area (Å²) in [5, 5.41) is 2.83. The van der Waals surface area contributed by atoms with E-state index in [1.165, 1.54) is 6.07 Å². The van der Waals surface area contributed by atoms with Gasteiger partial charge in [-0.15, -0.1) is 0 Å². The lowest BCUT2D eigenvalue weighted by Gasteiger charge is -2.18. The molecule has 1 amide bonds. The molecule has 1 aromatic rings. The standard InChI is InChI=1S/C15H18FNO2/c1-11(10-12-6-2-3-7-13(12)16)17-15(18)14-8-4-5-9-19-14/h2-3,6-8,11H,4-5,9-10H2,1H3,(H,17,18). The zero-order valence-electron chi connectivity index (χ0n) is 11.0. The van der Waals surface area contributed by atoms with Gasteiger partial charge in [-0.3, -0.25) is 4.79 Å². The summed E-state index contributed by atoms with van der Waals surface area (Å²) in [7, 11) is 0. The molecule has 0 bridgehead atoms. The minimum Gasteiger partial charge on any atom is -0.488 e. The molecule has 0 fully saturated rings. The predicted octanol–water partition coefficient (Wildman–Crippen LogP) is 2.57. The molecule has 1 aliphatic rings. The summed E-state index contributed by atoms with van der Waals surface area (Å²) in [6.45, 7) is 2.44. The molecule has 1 heterocycles. The normalized spacial score (nSPS) is 16.2. The van der Waals surface area contributed by atoms with Crippen LogP contribution in [0, 0.1) is 5.82 Å². The van der Waals surface area contributed by atoms with Crippen LogP contribution in [0.3, 0.4) is 0 Å². The van der Waals surface area contributed by atoms with Crippen LogP contribution in [0.15, 0.2) is 36.1 Å². The maximum atomic E-state index is 13.5. The molecule has 4 heteroatoms. The second-order valence-electron chi connectivity index (χ2n) is 4.73. The van der Waals surface area contributed by atoms with Crippen LogP contribution in [0.2, 0.25) is 0 Å². The highest BCUT2D eigenvalue weighted by Gasteiger charge is 2.16. The van der Waals surface area contributed by atoms with Crippen LogP contribution < -0.4 is 5.32 Å². The van der Waals surface area contributed by atoms with E-state index in [9.17, 15) is 9.18 Å². The largest absolute Gasteiger partial charge is 0.488 e. The zero-order valence-corrected chi connectivity index (χ0v) is 11.0. The molecule has 0 saturated carbocycles.